The third-order valence-electron chi connectivity index (χ3n) is 3.83. The van der Waals surface area contributed by atoms with Gasteiger partial charge in [0, 0.05) is 12.6 Å². The van der Waals surface area contributed by atoms with E-state index in [2.05, 4.69) is 44.3 Å². The van der Waals surface area contributed by atoms with Gasteiger partial charge in [-0.15, -0.1) is 0 Å². The molecule has 0 saturated heterocycles. The van der Waals surface area contributed by atoms with Gasteiger partial charge in [-0.2, -0.15) is 0 Å². The van der Waals surface area contributed by atoms with Gasteiger partial charge < -0.3 is 10.1 Å². The zero-order valence-electron chi connectivity index (χ0n) is 11.3. The molecule has 2 heteroatoms. The van der Waals surface area contributed by atoms with Gasteiger partial charge in [-0.1, -0.05) is 25.0 Å². The third kappa shape index (κ3) is 2.99. The van der Waals surface area contributed by atoms with Crippen LogP contribution in [0, 0.1) is 0 Å². The Morgan fingerprint density at radius 1 is 1.41 bits per heavy atom. The van der Waals surface area contributed by atoms with Gasteiger partial charge in [-0.05, 0) is 45.3 Å². The maximum atomic E-state index is 6.15. The molecule has 1 unspecified atom stereocenters. The second-order valence-electron chi connectivity index (χ2n) is 5.63. The highest BCUT2D eigenvalue weighted by atomic mass is 16.5. The molecular formula is C15H25NO. The van der Waals surface area contributed by atoms with Gasteiger partial charge in [-0.3, -0.25) is 0 Å². The normalized spacial score (nSPS) is 29.3. The molecule has 96 valence electrons. The van der Waals surface area contributed by atoms with E-state index in [0.717, 1.165) is 6.54 Å². The molecule has 0 aliphatic heterocycles. The Kier molecular flexibility index (Phi) is 4.05. The average Bonchev–Trinajstić information content (AvgIpc) is 2.87. The number of hydrogen-bond acceptors (Lipinski definition) is 2. The summed E-state index contributed by atoms with van der Waals surface area (Å²) in [6.45, 7) is 7.29. The molecule has 0 aromatic heterocycles. The van der Waals surface area contributed by atoms with Gasteiger partial charge in [0.25, 0.3) is 0 Å². The summed E-state index contributed by atoms with van der Waals surface area (Å²) in [5, 5.41) is 3.68. The van der Waals surface area contributed by atoms with E-state index in [1.165, 1.54) is 31.3 Å². The fraction of sp³-hybridized carbons (Fsp3) is 0.733. The highest BCUT2D eigenvalue weighted by Crippen LogP contribution is 2.30. The fourth-order valence-electron chi connectivity index (χ4n) is 2.84. The van der Waals surface area contributed by atoms with Crippen molar-refractivity contribution in [2.24, 2.45) is 0 Å². The molecule has 2 aliphatic rings. The highest BCUT2D eigenvalue weighted by molar-refractivity contribution is 5.36. The minimum absolute atomic E-state index is 0.198. The summed E-state index contributed by atoms with van der Waals surface area (Å²) in [4.78, 5) is 0. The Morgan fingerprint density at radius 2 is 2.12 bits per heavy atom. The van der Waals surface area contributed by atoms with E-state index >= 15 is 0 Å². The predicted octanol–water partition coefficient (Wildman–Crippen LogP) is 3.20. The van der Waals surface area contributed by atoms with Crippen LogP contribution in [-0.4, -0.2) is 24.3 Å². The Labute approximate surface area is 105 Å². The van der Waals surface area contributed by atoms with Gasteiger partial charge in [-0.25, -0.2) is 0 Å². The van der Waals surface area contributed by atoms with E-state index in [4.69, 9.17) is 4.74 Å². The molecule has 17 heavy (non-hydrogen) atoms. The molecule has 0 aromatic rings. The lowest BCUT2D eigenvalue weighted by Gasteiger charge is -2.33. The molecule has 2 aliphatic carbocycles. The predicted molar refractivity (Wildman–Crippen MR) is 72.1 cm³/mol. The van der Waals surface area contributed by atoms with Crippen molar-refractivity contribution in [1.29, 1.82) is 0 Å². The monoisotopic (exact) mass is 235 g/mol. The molecule has 0 aromatic carbocycles. The minimum atomic E-state index is -0.198. The topological polar surface area (TPSA) is 21.3 Å². The number of allylic oxidation sites excluding steroid dienone is 2. The number of hydrogen-bond donors (Lipinski definition) is 1. The minimum Gasteiger partial charge on any atom is -0.363 e. The number of rotatable bonds is 5. The lowest BCUT2D eigenvalue weighted by Crippen LogP contribution is -2.45. The molecule has 1 fully saturated rings. The van der Waals surface area contributed by atoms with E-state index in [9.17, 15) is 0 Å². The summed E-state index contributed by atoms with van der Waals surface area (Å²) >= 11 is 0. The quantitative estimate of drug-likeness (QED) is 0.790. The Morgan fingerprint density at radius 3 is 2.65 bits per heavy atom. The van der Waals surface area contributed by atoms with Crippen LogP contribution in [0.1, 0.15) is 46.5 Å². The maximum Gasteiger partial charge on any atom is 0.120 e. The van der Waals surface area contributed by atoms with Crippen LogP contribution in [0.25, 0.3) is 0 Å². The molecule has 0 amide bonds. The Balaban J connectivity index is 1.96. The number of ether oxygens (including phenoxy) is 1. The van der Waals surface area contributed by atoms with E-state index < -0.39 is 0 Å². The summed E-state index contributed by atoms with van der Waals surface area (Å²) in [6, 6.07) is 0.699. The summed E-state index contributed by atoms with van der Waals surface area (Å²) in [5.74, 6) is 0. The first kappa shape index (κ1) is 12.8. The smallest absolute Gasteiger partial charge is 0.120 e. The zero-order valence-corrected chi connectivity index (χ0v) is 11.3. The van der Waals surface area contributed by atoms with E-state index in [-0.39, 0.29) is 11.7 Å². The molecule has 0 heterocycles. The van der Waals surface area contributed by atoms with Crippen LogP contribution in [0.3, 0.4) is 0 Å². The Bertz CT molecular complexity index is 313. The summed E-state index contributed by atoms with van der Waals surface area (Å²) in [7, 11) is 0. The first-order chi connectivity index (χ1) is 8.12. The van der Waals surface area contributed by atoms with Gasteiger partial charge in [0.15, 0.2) is 0 Å². The summed E-state index contributed by atoms with van der Waals surface area (Å²) < 4.78 is 6.15. The van der Waals surface area contributed by atoms with Crippen LogP contribution in [0.15, 0.2) is 23.8 Å². The molecule has 0 bridgehead atoms. The van der Waals surface area contributed by atoms with Crippen LogP contribution in [0.2, 0.25) is 0 Å². The second kappa shape index (κ2) is 5.36. The fourth-order valence-corrected chi connectivity index (χ4v) is 2.84. The molecule has 2 nitrogen and oxygen atoms in total. The first-order valence-corrected chi connectivity index (χ1v) is 6.90. The lowest BCUT2D eigenvalue weighted by atomic mass is 9.97. The van der Waals surface area contributed by atoms with Crippen LogP contribution in [0.5, 0.6) is 0 Å². The largest absolute Gasteiger partial charge is 0.363 e. The molecule has 1 saturated carbocycles. The van der Waals surface area contributed by atoms with Gasteiger partial charge >= 0.3 is 0 Å². The van der Waals surface area contributed by atoms with Crippen molar-refractivity contribution in [3.63, 3.8) is 0 Å². The van der Waals surface area contributed by atoms with Gasteiger partial charge in [0.2, 0.25) is 0 Å². The van der Waals surface area contributed by atoms with E-state index in [0.29, 0.717) is 6.04 Å². The second-order valence-corrected chi connectivity index (χ2v) is 5.63. The highest BCUT2D eigenvalue weighted by Gasteiger charge is 2.34. The molecule has 2 rings (SSSR count). The van der Waals surface area contributed by atoms with Crippen molar-refractivity contribution in [3.8, 4) is 0 Å². The Hall–Kier alpha value is -0.600. The molecule has 1 N–H and O–H groups in total. The summed E-state index contributed by atoms with van der Waals surface area (Å²) in [5.41, 5.74) is 1.12. The zero-order chi connectivity index (χ0) is 12.3. The van der Waals surface area contributed by atoms with Crippen molar-refractivity contribution in [3.05, 3.63) is 23.8 Å². The SMILES string of the molecule is CC1=CC=CC1(CNC1CCCC1)OC(C)C. The maximum absolute atomic E-state index is 6.15. The molecule has 0 radical (unpaired) electrons. The third-order valence-corrected chi connectivity index (χ3v) is 3.83. The molecule has 0 spiro atoms. The van der Waals surface area contributed by atoms with Gasteiger partial charge in [0.1, 0.15) is 5.60 Å². The molecular weight excluding hydrogens is 210 g/mol. The van der Waals surface area contributed by atoms with Crippen molar-refractivity contribution in [1.82, 2.24) is 5.32 Å². The lowest BCUT2D eigenvalue weighted by molar-refractivity contribution is -0.0217. The van der Waals surface area contributed by atoms with Crippen LogP contribution >= 0.6 is 0 Å². The van der Waals surface area contributed by atoms with Crippen LogP contribution in [-0.2, 0) is 4.74 Å². The van der Waals surface area contributed by atoms with Crippen molar-refractivity contribution in [2.75, 3.05) is 6.54 Å². The number of nitrogens with one attached hydrogen (secondary N) is 1. The van der Waals surface area contributed by atoms with Crippen molar-refractivity contribution >= 4 is 0 Å². The van der Waals surface area contributed by atoms with Crippen molar-refractivity contribution < 1.29 is 4.74 Å². The van der Waals surface area contributed by atoms with E-state index in [1.807, 2.05) is 0 Å². The standard InChI is InChI=1S/C15H25NO/c1-12(2)17-15(10-6-7-13(15)3)11-16-14-8-4-5-9-14/h6-7,10,12,14,16H,4-5,8-9,11H2,1-3H3. The van der Waals surface area contributed by atoms with Crippen LogP contribution < -0.4 is 5.32 Å². The van der Waals surface area contributed by atoms with Crippen molar-refractivity contribution in [2.45, 2.75) is 64.2 Å². The van der Waals surface area contributed by atoms with Gasteiger partial charge in [0.05, 0.1) is 6.10 Å². The first-order valence-electron chi connectivity index (χ1n) is 6.90. The van der Waals surface area contributed by atoms with E-state index in [1.54, 1.807) is 0 Å². The summed E-state index contributed by atoms with van der Waals surface area (Å²) in [6.07, 6.45) is 12.1. The average molecular weight is 235 g/mol. The molecule has 1 atom stereocenters. The van der Waals surface area contributed by atoms with Crippen LogP contribution in [0.4, 0.5) is 0 Å².